The molecule has 0 aromatic heterocycles. The van der Waals surface area contributed by atoms with E-state index in [1.165, 1.54) is 6.92 Å². The minimum absolute atomic E-state index is 0.0275. The second kappa shape index (κ2) is 9.51. The molecule has 0 heterocycles. The lowest BCUT2D eigenvalue weighted by Gasteiger charge is -2.23. The number of aliphatic hydroxyl groups is 1. The van der Waals surface area contributed by atoms with Crippen molar-refractivity contribution in [3.63, 3.8) is 0 Å². The van der Waals surface area contributed by atoms with Gasteiger partial charge in [0.1, 0.15) is 18.7 Å². The molecule has 0 saturated heterocycles. The van der Waals surface area contributed by atoms with Gasteiger partial charge in [0.25, 0.3) is 0 Å². The van der Waals surface area contributed by atoms with Crippen molar-refractivity contribution in [2.24, 2.45) is 5.73 Å². The molecule has 0 unspecified atom stereocenters. The molecule has 1 aromatic rings. The Morgan fingerprint density at radius 2 is 1.83 bits per heavy atom. The molecule has 24 heavy (non-hydrogen) atoms. The van der Waals surface area contributed by atoms with Crippen molar-refractivity contribution in [3.05, 3.63) is 35.9 Å². The summed E-state index contributed by atoms with van der Waals surface area (Å²) in [7, 11) is 0. The molecule has 8 nitrogen and oxygen atoms in total. The van der Waals surface area contributed by atoms with Crippen LogP contribution in [0.25, 0.3) is 0 Å². The molecular formula is C16H23N3O5. The summed E-state index contributed by atoms with van der Waals surface area (Å²) in [6, 6.07) is 6.87. The van der Waals surface area contributed by atoms with Crippen LogP contribution < -0.4 is 16.4 Å². The standard InChI is InChI=1S/C16H23N3O5/c1-3-12(14(17)21)18-15(22)13(10(2)20)19-16(23)24-9-11-7-5-4-6-8-11/h4-8,10,12-13,20H,3,9H2,1-2H3,(H2,17,21)(H,18,22)(H,19,23)/t10-,12+,13+/m1/s1. The minimum Gasteiger partial charge on any atom is -0.445 e. The number of alkyl carbamates (subject to hydrolysis) is 1. The van der Waals surface area contributed by atoms with Crippen molar-refractivity contribution in [2.75, 3.05) is 0 Å². The van der Waals surface area contributed by atoms with Gasteiger partial charge in [0.15, 0.2) is 0 Å². The third-order valence-corrected chi connectivity index (χ3v) is 3.32. The summed E-state index contributed by atoms with van der Waals surface area (Å²) in [5.74, 6) is -1.41. The molecule has 0 fully saturated rings. The van der Waals surface area contributed by atoms with E-state index in [9.17, 15) is 19.5 Å². The smallest absolute Gasteiger partial charge is 0.408 e. The van der Waals surface area contributed by atoms with E-state index in [-0.39, 0.29) is 6.61 Å². The van der Waals surface area contributed by atoms with Gasteiger partial charge in [0.05, 0.1) is 6.10 Å². The van der Waals surface area contributed by atoms with Gasteiger partial charge in [0, 0.05) is 0 Å². The third-order valence-electron chi connectivity index (χ3n) is 3.32. The molecule has 3 atom stereocenters. The Morgan fingerprint density at radius 3 is 2.33 bits per heavy atom. The molecular weight excluding hydrogens is 314 g/mol. The number of nitrogens with two attached hydrogens (primary N) is 1. The Balaban J connectivity index is 2.59. The number of primary amides is 1. The van der Waals surface area contributed by atoms with Crippen LogP contribution in [0.3, 0.4) is 0 Å². The molecule has 5 N–H and O–H groups in total. The fraction of sp³-hybridized carbons (Fsp3) is 0.438. The lowest BCUT2D eigenvalue weighted by Crippen LogP contribution is -2.56. The summed E-state index contributed by atoms with van der Waals surface area (Å²) in [5.41, 5.74) is 5.94. The van der Waals surface area contributed by atoms with E-state index in [4.69, 9.17) is 10.5 Å². The number of carbonyl (C=O) groups is 3. The van der Waals surface area contributed by atoms with Crippen molar-refractivity contribution in [3.8, 4) is 0 Å². The number of aliphatic hydroxyl groups excluding tert-OH is 1. The highest BCUT2D eigenvalue weighted by Gasteiger charge is 2.28. The number of hydrogen-bond acceptors (Lipinski definition) is 5. The zero-order valence-corrected chi connectivity index (χ0v) is 13.7. The highest BCUT2D eigenvalue weighted by atomic mass is 16.5. The Bertz CT molecular complexity index is 562. The molecule has 3 amide bonds. The van der Waals surface area contributed by atoms with Crippen LogP contribution >= 0.6 is 0 Å². The van der Waals surface area contributed by atoms with E-state index in [1.54, 1.807) is 31.2 Å². The number of benzene rings is 1. The van der Waals surface area contributed by atoms with Gasteiger partial charge in [-0.2, -0.15) is 0 Å². The number of nitrogens with one attached hydrogen (secondary N) is 2. The first-order chi connectivity index (χ1) is 11.3. The molecule has 0 bridgehead atoms. The number of amides is 3. The van der Waals surface area contributed by atoms with E-state index in [0.717, 1.165) is 5.56 Å². The lowest BCUT2D eigenvalue weighted by atomic mass is 10.1. The van der Waals surface area contributed by atoms with Crippen molar-refractivity contribution in [1.29, 1.82) is 0 Å². The summed E-state index contributed by atoms with van der Waals surface area (Å²) in [6.07, 6.45) is -1.74. The lowest BCUT2D eigenvalue weighted by molar-refractivity contribution is -0.130. The maximum Gasteiger partial charge on any atom is 0.408 e. The Morgan fingerprint density at radius 1 is 1.21 bits per heavy atom. The second-order valence-corrected chi connectivity index (χ2v) is 5.30. The van der Waals surface area contributed by atoms with Crippen LogP contribution in [0.4, 0.5) is 4.79 Å². The van der Waals surface area contributed by atoms with Crippen LogP contribution in [0.15, 0.2) is 30.3 Å². The average Bonchev–Trinajstić information content (AvgIpc) is 2.55. The van der Waals surface area contributed by atoms with E-state index in [0.29, 0.717) is 6.42 Å². The van der Waals surface area contributed by atoms with Gasteiger partial charge in [-0.25, -0.2) is 4.79 Å². The van der Waals surface area contributed by atoms with Crippen LogP contribution in [0.2, 0.25) is 0 Å². The highest BCUT2D eigenvalue weighted by molar-refractivity contribution is 5.91. The molecule has 0 spiro atoms. The normalized spacial score (nSPS) is 14.1. The minimum atomic E-state index is -1.26. The Labute approximate surface area is 140 Å². The van der Waals surface area contributed by atoms with Crippen molar-refractivity contribution >= 4 is 17.9 Å². The summed E-state index contributed by atoms with van der Waals surface area (Å²) in [5, 5.41) is 14.4. The van der Waals surface area contributed by atoms with Crippen LogP contribution in [-0.4, -0.2) is 41.2 Å². The van der Waals surface area contributed by atoms with Gasteiger partial charge in [-0.05, 0) is 18.9 Å². The largest absolute Gasteiger partial charge is 0.445 e. The highest BCUT2D eigenvalue weighted by Crippen LogP contribution is 2.02. The topological polar surface area (TPSA) is 131 Å². The van der Waals surface area contributed by atoms with Gasteiger partial charge >= 0.3 is 6.09 Å². The van der Waals surface area contributed by atoms with E-state index in [2.05, 4.69) is 10.6 Å². The predicted octanol–water partition coefficient (Wildman–Crippen LogP) is 0.0423. The maximum absolute atomic E-state index is 12.1. The van der Waals surface area contributed by atoms with Crippen molar-refractivity contribution in [2.45, 2.75) is 45.1 Å². The molecule has 0 aliphatic rings. The van der Waals surface area contributed by atoms with Crippen molar-refractivity contribution in [1.82, 2.24) is 10.6 Å². The Kier molecular flexibility index (Phi) is 7.70. The molecule has 0 aliphatic carbocycles. The SMILES string of the molecule is CC[C@H](NC(=O)[C@@H](NC(=O)OCc1ccccc1)[C@@H](C)O)C(N)=O. The molecule has 0 aliphatic heterocycles. The monoisotopic (exact) mass is 337 g/mol. The van der Waals surface area contributed by atoms with Crippen LogP contribution in [0, 0.1) is 0 Å². The first-order valence-electron chi connectivity index (χ1n) is 7.60. The average molecular weight is 337 g/mol. The second-order valence-electron chi connectivity index (χ2n) is 5.30. The molecule has 0 saturated carbocycles. The fourth-order valence-electron chi connectivity index (χ4n) is 1.93. The van der Waals surface area contributed by atoms with Gasteiger partial charge in [-0.3, -0.25) is 9.59 Å². The number of hydrogen-bond donors (Lipinski definition) is 4. The number of rotatable bonds is 8. The van der Waals surface area contributed by atoms with Crippen molar-refractivity contribution < 1.29 is 24.2 Å². The van der Waals surface area contributed by atoms with Gasteiger partial charge in [-0.15, -0.1) is 0 Å². The molecule has 1 aromatic carbocycles. The van der Waals surface area contributed by atoms with Crippen LogP contribution in [0.5, 0.6) is 0 Å². The Hall–Kier alpha value is -2.61. The van der Waals surface area contributed by atoms with E-state index >= 15 is 0 Å². The predicted molar refractivity (Wildman–Crippen MR) is 86.6 cm³/mol. The van der Waals surface area contributed by atoms with Crippen LogP contribution in [0.1, 0.15) is 25.8 Å². The first-order valence-corrected chi connectivity index (χ1v) is 7.60. The third kappa shape index (κ3) is 6.25. The number of ether oxygens (including phenoxy) is 1. The molecule has 1 rings (SSSR count). The quantitative estimate of drug-likeness (QED) is 0.532. The summed E-state index contributed by atoms with van der Waals surface area (Å²) >= 11 is 0. The first kappa shape index (κ1) is 19.4. The molecule has 0 radical (unpaired) electrons. The summed E-state index contributed by atoms with van der Waals surface area (Å²) in [6.45, 7) is 3.04. The molecule has 132 valence electrons. The zero-order chi connectivity index (χ0) is 18.1. The zero-order valence-electron chi connectivity index (χ0n) is 13.7. The van der Waals surface area contributed by atoms with Gasteiger partial charge in [-0.1, -0.05) is 37.3 Å². The van der Waals surface area contributed by atoms with Gasteiger partial charge in [0.2, 0.25) is 11.8 Å². The van der Waals surface area contributed by atoms with Gasteiger partial charge < -0.3 is 26.2 Å². The fourth-order valence-corrected chi connectivity index (χ4v) is 1.93. The summed E-state index contributed by atoms with van der Waals surface area (Å²) < 4.78 is 5.00. The maximum atomic E-state index is 12.1. The van der Waals surface area contributed by atoms with E-state index < -0.39 is 36.1 Å². The summed E-state index contributed by atoms with van der Waals surface area (Å²) in [4.78, 5) is 35.1. The van der Waals surface area contributed by atoms with Crippen LogP contribution in [-0.2, 0) is 20.9 Å². The molecule has 8 heteroatoms. The number of carbonyl (C=O) groups excluding carboxylic acids is 3. The van der Waals surface area contributed by atoms with E-state index in [1.807, 2.05) is 6.07 Å².